The van der Waals surface area contributed by atoms with Gasteiger partial charge in [-0.3, -0.25) is 14.2 Å². The Balaban J connectivity index is 1.67. The van der Waals surface area contributed by atoms with Gasteiger partial charge in [0.25, 0.3) is 11.5 Å². The molecule has 4 aromatic rings. The van der Waals surface area contributed by atoms with Crippen LogP contribution < -0.4 is 20.2 Å². The fourth-order valence-corrected chi connectivity index (χ4v) is 5.18. The van der Waals surface area contributed by atoms with Crippen LogP contribution in [0.5, 0.6) is 0 Å². The minimum Gasteiger partial charge on any atom is -0.322 e. The van der Waals surface area contributed by atoms with Crippen molar-refractivity contribution in [3.05, 3.63) is 132 Å². The molecule has 0 bridgehead atoms. The molecule has 1 aromatic heterocycles. The molecule has 0 saturated heterocycles. The van der Waals surface area contributed by atoms with E-state index in [-0.39, 0.29) is 11.5 Å². The lowest BCUT2D eigenvalue weighted by molar-refractivity contribution is -0.113. The summed E-state index contributed by atoms with van der Waals surface area (Å²) in [6, 6.07) is 21.3. The van der Waals surface area contributed by atoms with Gasteiger partial charge < -0.3 is 5.32 Å². The third-order valence-electron chi connectivity index (χ3n) is 5.65. The van der Waals surface area contributed by atoms with Crippen LogP contribution in [-0.2, 0) is 4.79 Å². The number of para-hydroxylation sites is 1. The summed E-state index contributed by atoms with van der Waals surface area (Å²) in [5.41, 5.74) is 2.58. The fraction of sp³-hybridized carbons (Fsp3) is 0.0741. The molecule has 1 atom stereocenters. The Bertz CT molecular complexity index is 1620. The van der Waals surface area contributed by atoms with Crippen LogP contribution in [0.3, 0.4) is 0 Å². The van der Waals surface area contributed by atoms with Crippen LogP contribution in [0, 0.1) is 5.82 Å². The maximum absolute atomic E-state index is 13.7. The molecular formula is C27H19ClFN3O2S. The molecule has 0 saturated carbocycles. The van der Waals surface area contributed by atoms with Gasteiger partial charge in [0.05, 0.1) is 21.8 Å². The van der Waals surface area contributed by atoms with E-state index in [1.54, 1.807) is 49.4 Å². The summed E-state index contributed by atoms with van der Waals surface area (Å²) >= 11 is 7.22. The van der Waals surface area contributed by atoms with Crippen molar-refractivity contribution in [2.24, 2.45) is 4.99 Å². The first-order valence-electron chi connectivity index (χ1n) is 10.8. The van der Waals surface area contributed by atoms with Crippen molar-refractivity contribution in [1.82, 2.24) is 4.57 Å². The van der Waals surface area contributed by atoms with Crippen molar-refractivity contribution >= 4 is 40.6 Å². The van der Waals surface area contributed by atoms with Crippen molar-refractivity contribution in [2.75, 3.05) is 5.32 Å². The first-order chi connectivity index (χ1) is 16.9. The molecule has 0 spiro atoms. The fourth-order valence-electron chi connectivity index (χ4n) is 4.00. The quantitative estimate of drug-likeness (QED) is 0.440. The molecule has 0 aliphatic carbocycles. The number of aromatic nitrogens is 1. The Labute approximate surface area is 209 Å². The van der Waals surface area contributed by atoms with Crippen LogP contribution in [-0.4, -0.2) is 10.5 Å². The zero-order chi connectivity index (χ0) is 24.5. The van der Waals surface area contributed by atoms with Crippen molar-refractivity contribution in [1.29, 1.82) is 0 Å². The molecule has 1 aliphatic heterocycles. The zero-order valence-electron chi connectivity index (χ0n) is 18.5. The normalized spacial score (nSPS) is 15.5. The Morgan fingerprint density at radius 2 is 1.74 bits per heavy atom. The van der Waals surface area contributed by atoms with Gasteiger partial charge in [0, 0.05) is 10.7 Å². The van der Waals surface area contributed by atoms with E-state index in [1.807, 2.05) is 30.3 Å². The molecule has 2 heterocycles. The highest BCUT2D eigenvalue weighted by Gasteiger charge is 2.32. The molecule has 0 unspecified atom stereocenters. The lowest BCUT2D eigenvalue weighted by Crippen LogP contribution is -2.40. The number of allylic oxidation sites excluding steroid dienone is 1. The van der Waals surface area contributed by atoms with Crippen LogP contribution in [0.2, 0.25) is 5.02 Å². The molecule has 3 aromatic carbocycles. The Morgan fingerprint density at radius 1 is 1.06 bits per heavy atom. The second-order valence-electron chi connectivity index (χ2n) is 8.01. The minimum atomic E-state index is -0.761. The molecule has 0 fully saturated rings. The summed E-state index contributed by atoms with van der Waals surface area (Å²) in [5, 5.41) is 3.49. The first-order valence-corrected chi connectivity index (χ1v) is 12.0. The van der Waals surface area contributed by atoms with Crippen LogP contribution in [0.1, 0.15) is 24.1 Å². The molecule has 8 heteroatoms. The largest absolute Gasteiger partial charge is 0.322 e. The van der Waals surface area contributed by atoms with E-state index in [4.69, 9.17) is 11.6 Å². The maximum atomic E-state index is 13.7. The number of hydrogen-bond donors (Lipinski definition) is 1. The van der Waals surface area contributed by atoms with Crippen LogP contribution in [0.4, 0.5) is 10.1 Å². The van der Waals surface area contributed by atoms with Crippen molar-refractivity contribution < 1.29 is 9.18 Å². The average molecular weight is 504 g/mol. The predicted molar refractivity (Wildman–Crippen MR) is 137 cm³/mol. The number of anilines is 1. The van der Waals surface area contributed by atoms with Gasteiger partial charge in [-0.2, -0.15) is 0 Å². The van der Waals surface area contributed by atoms with E-state index in [0.29, 0.717) is 36.9 Å². The summed E-state index contributed by atoms with van der Waals surface area (Å²) < 4.78 is 15.7. The van der Waals surface area contributed by atoms with E-state index < -0.39 is 11.9 Å². The minimum absolute atomic E-state index is 0.282. The molecule has 1 N–H and O–H groups in total. The second-order valence-corrected chi connectivity index (χ2v) is 9.45. The summed E-state index contributed by atoms with van der Waals surface area (Å²) in [6.45, 7) is 1.74. The van der Waals surface area contributed by atoms with E-state index in [1.165, 1.54) is 28.0 Å². The number of carbonyl (C=O) groups excluding carboxylic acids is 1. The Hall–Kier alpha value is -3.81. The highest BCUT2D eigenvalue weighted by Crippen LogP contribution is 2.31. The van der Waals surface area contributed by atoms with Gasteiger partial charge in [-0.15, -0.1) is 0 Å². The monoisotopic (exact) mass is 503 g/mol. The van der Waals surface area contributed by atoms with Crippen molar-refractivity contribution in [3.8, 4) is 0 Å². The Morgan fingerprint density at radius 3 is 2.43 bits per heavy atom. The molecule has 0 radical (unpaired) electrons. The van der Waals surface area contributed by atoms with Gasteiger partial charge in [0.15, 0.2) is 4.80 Å². The van der Waals surface area contributed by atoms with Crippen molar-refractivity contribution in [2.45, 2.75) is 13.0 Å². The van der Waals surface area contributed by atoms with Gasteiger partial charge in [-0.25, -0.2) is 9.38 Å². The number of benzene rings is 3. The van der Waals surface area contributed by atoms with E-state index in [9.17, 15) is 14.0 Å². The standard InChI is InChI=1S/C27H19ClFN3O2S/c1-16-23(25(33)31-21-5-3-2-4-6-21)24(18-9-13-20(29)14-10-18)32-26(34)22(35-27(32)30-16)15-17-7-11-19(28)12-8-17/h2-15,24H,1H3,(H,31,33)/b22-15+/t24-/m0/s1. The molecule has 5 nitrogen and oxygen atoms in total. The highest BCUT2D eigenvalue weighted by atomic mass is 35.5. The number of rotatable bonds is 4. The number of nitrogens with one attached hydrogen (secondary N) is 1. The van der Waals surface area contributed by atoms with E-state index in [2.05, 4.69) is 10.3 Å². The third-order valence-corrected chi connectivity index (χ3v) is 6.89. The molecular weight excluding hydrogens is 485 g/mol. The van der Waals surface area contributed by atoms with E-state index in [0.717, 1.165) is 5.56 Å². The van der Waals surface area contributed by atoms with Gasteiger partial charge >= 0.3 is 0 Å². The van der Waals surface area contributed by atoms with Crippen LogP contribution in [0.15, 0.2) is 99.9 Å². The molecule has 5 rings (SSSR count). The number of thiazole rings is 1. The van der Waals surface area contributed by atoms with Gasteiger partial charge in [-0.1, -0.05) is 65.4 Å². The van der Waals surface area contributed by atoms with Crippen LogP contribution in [0.25, 0.3) is 6.08 Å². The van der Waals surface area contributed by atoms with E-state index >= 15 is 0 Å². The number of hydrogen-bond acceptors (Lipinski definition) is 4. The smallest absolute Gasteiger partial charge is 0.271 e. The van der Waals surface area contributed by atoms with Crippen LogP contribution >= 0.6 is 22.9 Å². The zero-order valence-corrected chi connectivity index (χ0v) is 20.1. The first kappa shape index (κ1) is 23.0. The highest BCUT2D eigenvalue weighted by molar-refractivity contribution is 7.07. The van der Waals surface area contributed by atoms with Gasteiger partial charge in [-0.05, 0) is 60.5 Å². The lowest BCUT2D eigenvalue weighted by atomic mass is 9.95. The predicted octanol–water partition coefficient (Wildman–Crippen LogP) is 4.67. The summed E-state index contributed by atoms with van der Waals surface area (Å²) in [7, 11) is 0. The summed E-state index contributed by atoms with van der Waals surface area (Å²) in [4.78, 5) is 32.1. The number of halogens is 2. The van der Waals surface area contributed by atoms with Crippen molar-refractivity contribution in [3.63, 3.8) is 0 Å². The SMILES string of the molecule is CC1=C(C(=O)Nc2ccccc2)[C@H](c2ccc(F)cc2)n2c(s/c(=C/c3ccc(Cl)cc3)c2=O)=N1. The number of fused-ring (bicyclic) bond motifs is 1. The number of carbonyl (C=O) groups is 1. The topological polar surface area (TPSA) is 63.5 Å². The molecule has 35 heavy (non-hydrogen) atoms. The lowest BCUT2D eigenvalue weighted by Gasteiger charge is -2.25. The maximum Gasteiger partial charge on any atom is 0.271 e. The summed E-state index contributed by atoms with van der Waals surface area (Å²) in [6.07, 6.45) is 1.77. The number of amides is 1. The van der Waals surface area contributed by atoms with Gasteiger partial charge in [0.2, 0.25) is 0 Å². The second kappa shape index (κ2) is 9.44. The molecule has 174 valence electrons. The van der Waals surface area contributed by atoms with Gasteiger partial charge in [0.1, 0.15) is 5.82 Å². The number of nitrogens with zero attached hydrogens (tertiary/aromatic N) is 2. The summed E-state index contributed by atoms with van der Waals surface area (Å²) in [5.74, 6) is -0.779. The molecule has 1 amide bonds. The Kier molecular flexibility index (Phi) is 6.19. The average Bonchev–Trinajstić information content (AvgIpc) is 3.15. The molecule has 1 aliphatic rings. The third kappa shape index (κ3) is 4.60.